The number of carbonyl (C=O) groups is 1. The van der Waals surface area contributed by atoms with Crippen LogP contribution in [0.3, 0.4) is 0 Å². The summed E-state index contributed by atoms with van der Waals surface area (Å²) in [5.41, 5.74) is 0.872. The molecule has 1 fully saturated rings. The SMILES string of the molecule is CC(C)(C(=O)NCC1CCCO1)c1c[nH]c2cc(F)ccc12. The maximum atomic E-state index is 13.3. The van der Waals surface area contributed by atoms with Crippen LogP contribution in [0.4, 0.5) is 4.39 Å². The topological polar surface area (TPSA) is 54.1 Å². The number of aromatic nitrogens is 1. The summed E-state index contributed by atoms with van der Waals surface area (Å²) >= 11 is 0. The Hall–Kier alpha value is -1.88. The van der Waals surface area contributed by atoms with Crippen LogP contribution in [0.2, 0.25) is 0 Å². The highest BCUT2D eigenvalue weighted by atomic mass is 19.1. The number of H-pyrrole nitrogens is 1. The highest BCUT2D eigenvalue weighted by Gasteiger charge is 2.32. The molecule has 2 aromatic rings. The third-order valence-electron chi connectivity index (χ3n) is 4.40. The van der Waals surface area contributed by atoms with Crippen LogP contribution in [-0.2, 0) is 14.9 Å². The van der Waals surface area contributed by atoms with E-state index in [1.54, 1.807) is 12.3 Å². The Labute approximate surface area is 129 Å². The van der Waals surface area contributed by atoms with Crippen LogP contribution in [-0.4, -0.2) is 30.1 Å². The van der Waals surface area contributed by atoms with Gasteiger partial charge in [-0.15, -0.1) is 0 Å². The number of hydrogen-bond acceptors (Lipinski definition) is 2. The highest BCUT2D eigenvalue weighted by molar-refractivity contribution is 5.94. The lowest BCUT2D eigenvalue weighted by Crippen LogP contribution is -2.43. The van der Waals surface area contributed by atoms with Crippen LogP contribution < -0.4 is 5.32 Å². The van der Waals surface area contributed by atoms with E-state index in [0.29, 0.717) is 12.1 Å². The zero-order valence-electron chi connectivity index (χ0n) is 12.9. The van der Waals surface area contributed by atoms with Crippen molar-refractivity contribution in [2.45, 2.75) is 38.2 Å². The third-order valence-corrected chi connectivity index (χ3v) is 4.40. The van der Waals surface area contributed by atoms with E-state index in [1.165, 1.54) is 12.1 Å². The first kappa shape index (κ1) is 15.0. The standard InChI is InChI=1S/C17H21FN2O2/c1-17(2,16(21)20-9-12-4-3-7-22-12)14-10-19-15-8-11(18)5-6-13(14)15/h5-6,8,10,12,19H,3-4,7,9H2,1-2H3,(H,20,21). The van der Waals surface area contributed by atoms with Crippen LogP contribution in [0.25, 0.3) is 10.9 Å². The fourth-order valence-corrected chi connectivity index (χ4v) is 2.97. The maximum Gasteiger partial charge on any atom is 0.230 e. The van der Waals surface area contributed by atoms with Gasteiger partial charge in [0.25, 0.3) is 0 Å². The molecule has 1 aromatic heterocycles. The van der Waals surface area contributed by atoms with E-state index >= 15 is 0 Å². The molecule has 3 rings (SSSR count). The summed E-state index contributed by atoms with van der Waals surface area (Å²) in [6.07, 6.45) is 3.96. The van der Waals surface area contributed by atoms with Gasteiger partial charge in [-0.2, -0.15) is 0 Å². The number of benzene rings is 1. The van der Waals surface area contributed by atoms with Gasteiger partial charge in [-0.3, -0.25) is 4.79 Å². The van der Waals surface area contributed by atoms with Crippen molar-refractivity contribution in [1.82, 2.24) is 10.3 Å². The summed E-state index contributed by atoms with van der Waals surface area (Å²) in [5, 5.41) is 3.85. The predicted octanol–water partition coefficient (Wildman–Crippen LogP) is 2.88. The van der Waals surface area contributed by atoms with E-state index in [0.717, 1.165) is 30.4 Å². The van der Waals surface area contributed by atoms with Gasteiger partial charge in [-0.05, 0) is 50.5 Å². The first-order chi connectivity index (χ1) is 10.5. The second kappa shape index (κ2) is 5.72. The van der Waals surface area contributed by atoms with Gasteiger partial charge < -0.3 is 15.0 Å². The zero-order chi connectivity index (χ0) is 15.7. The summed E-state index contributed by atoms with van der Waals surface area (Å²) in [4.78, 5) is 15.6. The van der Waals surface area contributed by atoms with Crippen molar-refractivity contribution in [1.29, 1.82) is 0 Å². The highest BCUT2D eigenvalue weighted by Crippen LogP contribution is 2.31. The number of rotatable bonds is 4. The molecule has 1 atom stereocenters. The molecule has 1 unspecified atom stereocenters. The molecule has 22 heavy (non-hydrogen) atoms. The Balaban J connectivity index is 1.79. The lowest BCUT2D eigenvalue weighted by atomic mass is 9.83. The van der Waals surface area contributed by atoms with Crippen molar-refractivity contribution in [3.8, 4) is 0 Å². The Morgan fingerprint density at radius 1 is 1.50 bits per heavy atom. The second-order valence-electron chi connectivity index (χ2n) is 6.36. The molecule has 1 amide bonds. The van der Waals surface area contributed by atoms with E-state index in [9.17, 15) is 9.18 Å². The van der Waals surface area contributed by atoms with Crippen molar-refractivity contribution in [3.05, 3.63) is 35.8 Å². The van der Waals surface area contributed by atoms with E-state index in [1.807, 2.05) is 13.8 Å². The summed E-state index contributed by atoms with van der Waals surface area (Å²) in [6.45, 7) is 5.07. The van der Waals surface area contributed by atoms with E-state index in [2.05, 4.69) is 10.3 Å². The van der Waals surface area contributed by atoms with Gasteiger partial charge in [0.2, 0.25) is 5.91 Å². The number of halogens is 1. The fourth-order valence-electron chi connectivity index (χ4n) is 2.97. The number of ether oxygens (including phenoxy) is 1. The molecule has 0 spiro atoms. The minimum Gasteiger partial charge on any atom is -0.376 e. The van der Waals surface area contributed by atoms with Gasteiger partial charge in [-0.25, -0.2) is 4.39 Å². The number of aromatic amines is 1. The molecule has 118 valence electrons. The number of carbonyl (C=O) groups excluding carboxylic acids is 1. The first-order valence-corrected chi connectivity index (χ1v) is 7.65. The average molecular weight is 304 g/mol. The molecule has 0 aliphatic carbocycles. The molecule has 1 aliphatic rings. The molecular weight excluding hydrogens is 283 g/mol. The summed E-state index contributed by atoms with van der Waals surface area (Å²) in [7, 11) is 0. The molecular formula is C17H21FN2O2. The normalized spacial score (nSPS) is 18.8. The Bertz CT molecular complexity index is 687. The lowest BCUT2D eigenvalue weighted by Gasteiger charge is -2.24. The van der Waals surface area contributed by atoms with Crippen LogP contribution in [0.1, 0.15) is 32.3 Å². The third kappa shape index (κ3) is 2.73. The summed E-state index contributed by atoms with van der Waals surface area (Å²) in [5.74, 6) is -0.338. The average Bonchev–Trinajstić information content (AvgIpc) is 3.13. The monoisotopic (exact) mass is 304 g/mol. The lowest BCUT2D eigenvalue weighted by molar-refractivity contribution is -0.126. The van der Waals surface area contributed by atoms with Crippen molar-refractivity contribution in [2.24, 2.45) is 0 Å². The molecule has 4 nitrogen and oxygen atoms in total. The predicted molar refractivity (Wildman–Crippen MR) is 83.3 cm³/mol. The van der Waals surface area contributed by atoms with Crippen LogP contribution >= 0.6 is 0 Å². The first-order valence-electron chi connectivity index (χ1n) is 7.65. The molecule has 1 aliphatic heterocycles. The molecule has 0 radical (unpaired) electrons. The van der Waals surface area contributed by atoms with Gasteiger partial charge in [-0.1, -0.05) is 0 Å². The maximum absolute atomic E-state index is 13.3. The largest absolute Gasteiger partial charge is 0.376 e. The van der Waals surface area contributed by atoms with E-state index in [4.69, 9.17) is 4.74 Å². The van der Waals surface area contributed by atoms with Crippen molar-refractivity contribution < 1.29 is 13.9 Å². The zero-order valence-corrected chi connectivity index (χ0v) is 12.9. The number of hydrogen-bond donors (Lipinski definition) is 2. The van der Waals surface area contributed by atoms with Crippen LogP contribution in [0, 0.1) is 5.82 Å². The van der Waals surface area contributed by atoms with Gasteiger partial charge in [0.1, 0.15) is 5.82 Å². The van der Waals surface area contributed by atoms with E-state index < -0.39 is 5.41 Å². The minimum absolute atomic E-state index is 0.0479. The molecule has 1 aromatic carbocycles. The minimum atomic E-state index is -0.700. The van der Waals surface area contributed by atoms with Gasteiger partial charge in [0.15, 0.2) is 0 Å². The van der Waals surface area contributed by atoms with Gasteiger partial charge in [0, 0.05) is 30.3 Å². The molecule has 1 saturated heterocycles. The quantitative estimate of drug-likeness (QED) is 0.912. The fraction of sp³-hybridized carbons (Fsp3) is 0.471. The van der Waals surface area contributed by atoms with Crippen molar-refractivity contribution in [3.63, 3.8) is 0 Å². The van der Waals surface area contributed by atoms with Gasteiger partial charge in [0.05, 0.1) is 11.5 Å². The summed E-state index contributed by atoms with van der Waals surface area (Å²) in [6, 6.07) is 4.57. The van der Waals surface area contributed by atoms with Crippen LogP contribution in [0.5, 0.6) is 0 Å². The second-order valence-corrected chi connectivity index (χ2v) is 6.36. The summed E-state index contributed by atoms with van der Waals surface area (Å²) < 4.78 is 18.8. The number of amides is 1. The molecule has 2 heterocycles. The number of nitrogens with one attached hydrogen (secondary N) is 2. The van der Waals surface area contributed by atoms with Gasteiger partial charge >= 0.3 is 0 Å². The van der Waals surface area contributed by atoms with Crippen molar-refractivity contribution in [2.75, 3.05) is 13.2 Å². The van der Waals surface area contributed by atoms with Crippen molar-refractivity contribution >= 4 is 16.8 Å². The molecule has 2 N–H and O–H groups in total. The number of fused-ring (bicyclic) bond motifs is 1. The molecule has 5 heteroatoms. The molecule has 0 saturated carbocycles. The van der Waals surface area contributed by atoms with Crippen LogP contribution in [0.15, 0.2) is 24.4 Å². The smallest absolute Gasteiger partial charge is 0.230 e. The Morgan fingerprint density at radius 2 is 2.32 bits per heavy atom. The van der Waals surface area contributed by atoms with E-state index in [-0.39, 0.29) is 17.8 Å². The molecule has 0 bridgehead atoms. The Morgan fingerprint density at radius 3 is 3.05 bits per heavy atom. The Kier molecular flexibility index (Phi) is 3.91.